The SMILES string of the molecule is CCOC(=O)Oc1ccc(C(=O)NCc2cccc(NC(=O)COc3ccccc3)c2)cc1. The van der Waals surface area contributed by atoms with E-state index in [4.69, 9.17) is 14.2 Å². The molecule has 170 valence electrons. The van der Waals surface area contributed by atoms with Crippen molar-refractivity contribution in [2.45, 2.75) is 13.5 Å². The maximum atomic E-state index is 12.4. The Balaban J connectivity index is 1.48. The molecule has 3 rings (SSSR count). The first kappa shape index (κ1) is 23.3. The number of carbonyl (C=O) groups excluding carboxylic acids is 3. The third kappa shape index (κ3) is 7.70. The summed E-state index contributed by atoms with van der Waals surface area (Å²) in [4.78, 5) is 35.9. The molecular weight excluding hydrogens is 424 g/mol. The Morgan fingerprint density at radius 2 is 1.61 bits per heavy atom. The van der Waals surface area contributed by atoms with Gasteiger partial charge in [0.25, 0.3) is 11.8 Å². The lowest BCUT2D eigenvalue weighted by Crippen LogP contribution is -2.23. The number of hydrogen-bond donors (Lipinski definition) is 2. The standard InChI is InChI=1S/C25H24N2O6/c1-2-31-25(30)33-22-13-11-19(12-14-22)24(29)26-16-18-7-6-8-20(15-18)27-23(28)17-32-21-9-4-3-5-10-21/h3-15H,2,16-17H2,1H3,(H,26,29)(H,27,28). The summed E-state index contributed by atoms with van der Waals surface area (Å²) in [5.74, 6) is 0.322. The third-order valence-electron chi connectivity index (χ3n) is 4.36. The highest BCUT2D eigenvalue weighted by Gasteiger charge is 2.09. The molecule has 0 radical (unpaired) electrons. The first-order valence-electron chi connectivity index (χ1n) is 10.3. The molecule has 0 aliphatic rings. The lowest BCUT2D eigenvalue weighted by atomic mass is 10.1. The van der Waals surface area contributed by atoms with Gasteiger partial charge in [0, 0.05) is 17.8 Å². The molecule has 0 saturated carbocycles. The van der Waals surface area contributed by atoms with Gasteiger partial charge in [-0.25, -0.2) is 4.79 Å². The highest BCUT2D eigenvalue weighted by Crippen LogP contribution is 2.14. The Morgan fingerprint density at radius 1 is 0.848 bits per heavy atom. The quantitative estimate of drug-likeness (QED) is 0.376. The van der Waals surface area contributed by atoms with Crippen LogP contribution in [-0.2, 0) is 16.1 Å². The molecular formula is C25H24N2O6. The fourth-order valence-corrected chi connectivity index (χ4v) is 2.82. The molecule has 0 fully saturated rings. The number of nitrogens with one attached hydrogen (secondary N) is 2. The van der Waals surface area contributed by atoms with E-state index in [2.05, 4.69) is 10.6 Å². The summed E-state index contributed by atoms with van der Waals surface area (Å²) in [6.07, 6.45) is -0.798. The average Bonchev–Trinajstić information content (AvgIpc) is 2.83. The van der Waals surface area contributed by atoms with Crippen LogP contribution < -0.4 is 20.1 Å². The Hall–Kier alpha value is -4.33. The van der Waals surface area contributed by atoms with E-state index < -0.39 is 6.16 Å². The lowest BCUT2D eigenvalue weighted by Gasteiger charge is -2.10. The van der Waals surface area contributed by atoms with E-state index in [1.54, 1.807) is 49.4 Å². The number of anilines is 1. The third-order valence-corrected chi connectivity index (χ3v) is 4.36. The predicted molar refractivity (Wildman–Crippen MR) is 122 cm³/mol. The molecule has 2 N–H and O–H groups in total. The molecule has 0 aliphatic heterocycles. The van der Waals surface area contributed by atoms with Crippen LogP contribution in [0.5, 0.6) is 11.5 Å². The van der Waals surface area contributed by atoms with E-state index >= 15 is 0 Å². The largest absolute Gasteiger partial charge is 0.513 e. The van der Waals surface area contributed by atoms with Crippen molar-refractivity contribution in [1.82, 2.24) is 5.32 Å². The maximum Gasteiger partial charge on any atom is 0.513 e. The maximum absolute atomic E-state index is 12.4. The normalized spacial score (nSPS) is 10.1. The van der Waals surface area contributed by atoms with Crippen LogP contribution in [-0.4, -0.2) is 31.2 Å². The molecule has 0 aromatic heterocycles. The molecule has 0 heterocycles. The Labute approximate surface area is 191 Å². The molecule has 0 spiro atoms. The monoisotopic (exact) mass is 448 g/mol. The van der Waals surface area contributed by atoms with E-state index in [1.165, 1.54) is 12.1 Å². The number of carbonyl (C=O) groups is 3. The summed E-state index contributed by atoms with van der Waals surface area (Å²) < 4.78 is 15.1. The summed E-state index contributed by atoms with van der Waals surface area (Å²) in [5, 5.41) is 5.59. The number of amides is 2. The van der Waals surface area contributed by atoms with E-state index in [0.717, 1.165) is 5.56 Å². The second-order valence-electron chi connectivity index (χ2n) is 6.84. The van der Waals surface area contributed by atoms with Crippen molar-refractivity contribution >= 4 is 23.7 Å². The molecule has 2 amide bonds. The molecule has 0 bridgehead atoms. The van der Waals surface area contributed by atoms with Crippen molar-refractivity contribution in [2.75, 3.05) is 18.5 Å². The van der Waals surface area contributed by atoms with Gasteiger partial charge in [-0.15, -0.1) is 0 Å². The van der Waals surface area contributed by atoms with Gasteiger partial charge in [-0.3, -0.25) is 9.59 Å². The molecule has 0 saturated heterocycles. The summed E-state index contributed by atoms with van der Waals surface area (Å²) in [7, 11) is 0. The van der Waals surface area contributed by atoms with Crippen LogP contribution in [0.2, 0.25) is 0 Å². The number of para-hydroxylation sites is 1. The van der Waals surface area contributed by atoms with E-state index in [9.17, 15) is 14.4 Å². The van der Waals surface area contributed by atoms with Gasteiger partial charge in [0.15, 0.2) is 6.61 Å². The van der Waals surface area contributed by atoms with Crippen molar-refractivity contribution < 1.29 is 28.6 Å². The second-order valence-corrected chi connectivity index (χ2v) is 6.84. The van der Waals surface area contributed by atoms with Crippen molar-refractivity contribution in [1.29, 1.82) is 0 Å². The molecule has 8 nitrogen and oxygen atoms in total. The van der Waals surface area contributed by atoms with Gasteiger partial charge in [0.05, 0.1) is 6.61 Å². The zero-order valence-electron chi connectivity index (χ0n) is 18.1. The van der Waals surface area contributed by atoms with E-state index in [-0.39, 0.29) is 37.3 Å². The number of ether oxygens (including phenoxy) is 3. The lowest BCUT2D eigenvalue weighted by molar-refractivity contribution is -0.118. The zero-order valence-corrected chi connectivity index (χ0v) is 18.1. The highest BCUT2D eigenvalue weighted by molar-refractivity contribution is 5.94. The van der Waals surface area contributed by atoms with Gasteiger partial charge in [0.1, 0.15) is 11.5 Å². The highest BCUT2D eigenvalue weighted by atomic mass is 16.7. The second kappa shape index (κ2) is 11.9. The van der Waals surface area contributed by atoms with Crippen LogP contribution in [0.15, 0.2) is 78.9 Å². The van der Waals surface area contributed by atoms with Gasteiger partial charge >= 0.3 is 6.16 Å². The number of benzene rings is 3. The smallest absolute Gasteiger partial charge is 0.484 e. The first-order chi connectivity index (χ1) is 16.0. The minimum Gasteiger partial charge on any atom is -0.484 e. The molecule has 0 atom stereocenters. The molecule has 0 aliphatic carbocycles. The molecule has 3 aromatic rings. The van der Waals surface area contributed by atoms with Crippen LogP contribution in [0, 0.1) is 0 Å². The van der Waals surface area contributed by atoms with Gasteiger partial charge < -0.3 is 24.8 Å². The average molecular weight is 448 g/mol. The van der Waals surface area contributed by atoms with Gasteiger partial charge in [-0.1, -0.05) is 30.3 Å². The Morgan fingerprint density at radius 3 is 2.33 bits per heavy atom. The minimum absolute atomic E-state index is 0.110. The van der Waals surface area contributed by atoms with Crippen molar-refractivity contribution in [3.8, 4) is 11.5 Å². The van der Waals surface area contributed by atoms with E-state index in [1.807, 2.05) is 24.3 Å². The molecule has 33 heavy (non-hydrogen) atoms. The summed E-state index contributed by atoms with van der Waals surface area (Å²) >= 11 is 0. The summed E-state index contributed by atoms with van der Waals surface area (Å²) in [5.41, 5.74) is 1.82. The molecule has 0 unspecified atom stereocenters. The summed E-state index contributed by atoms with van der Waals surface area (Å²) in [6, 6.07) is 22.4. The fourth-order valence-electron chi connectivity index (χ4n) is 2.82. The Kier molecular flexibility index (Phi) is 8.41. The van der Waals surface area contributed by atoms with Crippen LogP contribution >= 0.6 is 0 Å². The summed E-state index contributed by atoms with van der Waals surface area (Å²) in [6.45, 7) is 2.05. The van der Waals surface area contributed by atoms with Crippen LogP contribution in [0.3, 0.4) is 0 Å². The van der Waals surface area contributed by atoms with Crippen molar-refractivity contribution in [3.05, 3.63) is 90.0 Å². The topological polar surface area (TPSA) is 103 Å². The number of rotatable bonds is 9. The van der Waals surface area contributed by atoms with Gasteiger partial charge in [-0.2, -0.15) is 0 Å². The zero-order chi connectivity index (χ0) is 23.5. The Bertz CT molecular complexity index is 1080. The minimum atomic E-state index is -0.798. The molecule has 3 aromatic carbocycles. The number of hydrogen-bond acceptors (Lipinski definition) is 6. The molecule has 8 heteroatoms. The van der Waals surface area contributed by atoms with E-state index in [0.29, 0.717) is 17.0 Å². The van der Waals surface area contributed by atoms with Crippen LogP contribution in [0.1, 0.15) is 22.8 Å². The fraction of sp³-hybridized carbons (Fsp3) is 0.160. The van der Waals surface area contributed by atoms with Crippen molar-refractivity contribution in [3.63, 3.8) is 0 Å². The van der Waals surface area contributed by atoms with Gasteiger partial charge in [0.2, 0.25) is 0 Å². The first-order valence-corrected chi connectivity index (χ1v) is 10.3. The van der Waals surface area contributed by atoms with Gasteiger partial charge in [-0.05, 0) is 61.0 Å². The van der Waals surface area contributed by atoms with Crippen LogP contribution in [0.25, 0.3) is 0 Å². The van der Waals surface area contributed by atoms with Crippen LogP contribution in [0.4, 0.5) is 10.5 Å². The van der Waals surface area contributed by atoms with Crippen molar-refractivity contribution in [2.24, 2.45) is 0 Å². The predicted octanol–water partition coefficient (Wildman–Crippen LogP) is 4.17.